The van der Waals surface area contributed by atoms with Gasteiger partial charge in [-0.25, -0.2) is 9.88 Å². The Balaban J connectivity index is 1.48. The number of H-pyrrole nitrogens is 1. The minimum atomic E-state index is -0.641. The van der Waals surface area contributed by atoms with E-state index in [1.54, 1.807) is 12.1 Å². The van der Waals surface area contributed by atoms with Crippen LogP contribution in [0.3, 0.4) is 0 Å². The van der Waals surface area contributed by atoms with Gasteiger partial charge in [0.15, 0.2) is 5.16 Å². The number of nitrogens with zero attached hydrogens (tertiary/aromatic N) is 3. The van der Waals surface area contributed by atoms with Crippen molar-refractivity contribution in [2.45, 2.75) is 23.4 Å². The average Bonchev–Trinajstić information content (AvgIpc) is 3.01. The van der Waals surface area contributed by atoms with Crippen molar-refractivity contribution < 1.29 is 19.1 Å². The van der Waals surface area contributed by atoms with Crippen molar-refractivity contribution in [2.24, 2.45) is 0 Å². The summed E-state index contributed by atoms with van der Waals surface area (Å²) >= 11 is 1.09. The quantitative estimate of drug-likeness (QED) is 0.538. The summed E-state index contributed by atoms with van der Waals surface area (Å²) < 4.78 is 10.4. The van der Waals surface area contributed by atoms with Crippen LogP contribution in [0.4, 0.5) is 11.4 Å². The van der Waals surface area contributed by atoms with E-state index in [9.17, 15) is 14.4 Å². The molecule has 1 N–H and O–H groups in total. The molecule has 0 aliphatic carbocycles. The summed E-state index contributed by atoms with van der Waals surface area (Å²) in [5.41, 5.74) is 1.71. The van der Waals surface area contributed by atoms with Crippen molar-refractivity contribution in [3.63, 3.8) is 0 Å². The van der Waals surface area contributed by atoms with Crippen molar-refractivity contribution >= 4 is 35.0 Å². The zero-order valence-electron chi connectivity index (χ0n) is 16.5. The fourth-order valence-corrected chi connectivity index (χ4v) is 4.53. The first-order valence-corrected chi connectivity index (χ1v) is 10.5. The van der Waals surface area contributed by atoms with Gasteiger partial charge in [-0.3, -0.25) is 14.4 Å². The molecular weight excluding hydrogens is 408 g/mol. The molecule has 1 aromatic heterocycles. The van der Waals surface area contributed by atoms with E-state index in [-0.39, 0.29) is 30.4 Å². The Kier molecular flexibility index (Phi) is 6.16. The molecule has 10 heteroatoms. The van der Waals surface area contributed by atoms with E-state index >= 15 is 0 Å². The number of benzene rings is 1. The van der Waals surface area contributed by atoms with Crippen LogP contribution in [0.1, 0.15) is 12.1 Å². The lowest BCUT2D eigenvalue weighted by atomic mass is 10.2. The van der Waals surface area contributed by atoms with Gasteiger partial charge in [0.25, 0.3) is 5.56 Å². The molecule has 0 bridgehead atoms. The third-order valence-corrected chi connectivity index (χ3v) is 5.98. The molecule has 0 unspecified atom stereocenters. The van der Waals surface area contributed by atoms with Crippen LogP contribution in [0.15, 0.2) is 40.3 Å². The molecule has 0 radical (unpaired) electrons. The number of carbonyl (C=O) groups is 2. The van der Waals surface area contributed by atoms with Crippen molar-refractivity contribution in [3.05, 3.63) is 46.4 Å². The Morgan fingerprint density at radius 1 is 1.17 bits per heavy atom. The summed E-state index contributed by atoms with van der Waals surface area (Å²) in [5, 5.41) is -0.345. The van der Waals surface area contributed by atoms with Gasteiger partial charge < -0.3 is 19.4 Å². The molecule has 0 saturated carbocycles. The first kappa shape index (κ1) is 20.6. The number of carbonyl (C=O) groups excluding carboxylic acids is 2. The standard InChI is InChI=1S/C20H22N4O5S/c1-28-12-13-10-17(25)22-20(21-13)30-16-11-18(26)24(19(16)27)15-4-2-14(3-5-15)23-6-8-29-9-7-23/h2-5,10,16H,6-9,11-12H2,1H3,(H,21,22,25)/t16-/m1/s1. The Bertz CT molecular complexity index is 987. The van der Waals surface area contributed by atoms with Gasteiger partial charge in [0.05, 0.1) is 31.2 Å². The van der Waals surface area contributed by atoms with E-state index in [4.69, 9.17) is 9.47 Å². The lowest BCUT2D eigenvalue weighted by Gasteiger charge is -2.29. The highest BCUT2D eigenvalue weighted by molar-refractivity contribution is 8.00. The number of imide groups is 1. The third-order valence-electron chi connectivity index (χ3n) is 4.91. The van der Waals surface area contributed by atoms with Crippen LogP contribution in [0.25, 0.3) is 0 Å². The molecule has 158 valence electrons. The second kappa shape index (κ2) is 8.99. The molecule has 2 amide bonds. The molecule has 9 nitrogen and oxygen atoms in total. The molecule has 2 aliphatic heterocycles. The molecule has 2 aromatic rings. The minimum Gasteiger partial charge on any atom is -0.378 e. The number of aromatic nitrogens is 2. The van der Waals surface area contributed by atoms with Crippen molar-refractivity contribution in [1.29, 1.82) is 0 Å². The van der Waals surface area contributed by atoms with Gasteiger partial charge in [-0.1, -0.05) is 11.8 Å². The van der Waals surface area contributed by atoms with E-state index in [0.717, 1.165) is 30.5 Å². The number of hydrogen-bond donors (Lipinski definition) is 1. The Labute approximate surface area is 177 Å². The summed E-state index contributed by atoms with van der Waals surface area (Å²) in [6.45, 7) is 3.19. The molecule has 2 fully saturated rings. The highest BCUT2D eigenvalue weighted by atomic mass is 32.2. The zero-order chi connectivity index (χ0) is 21.1. The first-order valence-electron chi connectivity index (χ1n) is 9.60. The molecule has 3 heterocycles. The smallest absolute Gasteiger partial charge is 0.251 e. The fourth-order valence-electron chi connectivity index (χ4n) is 3.50. The SMILES string of the molecule is COCc1cc(=O)[nH]c(S[C@@H]2CC(=O)N(c3ccc(N4CCOCC4)cc3)C2=O)n1. The predicted octanol–water partition coefficient (Wildman–Crippen LogP) is 1.18. The Hall–Kier alpha value is -2.69. The number of anilines is 2. The summed E-state index contributed by atoms with van der Waals surface area (Å²) in [7, 11) is 1.51. The van der Waals surface area contributed by atoms with Gasteiger partial charge >= 0.3 is 0 Å². The van der Waals surface area contributed by atoms with Crippen LogP contribution in [-0.2, 0) is 25.7 Å². The van der Waals surface area contributed by atoms with E-state index in [2.05, 4.69) is 14.9 Å². The van der Waals surface area contributed by atoms with Gasteiger partial charge in [0.1, 0.15) is 5.25 Å². The van der Waals surface area contributed by atoms with Crippen LogP contribution < -0.4 is 15.4 Å². The van der Waals surface area contributed by atoms with Gasteiger partial charge in [-0.15, -0.1) is 0 Å². The second-order valence-electron chi connectivity index (χ2n) is 6.97. The topological polar surface area (TPSA) is 105 Å². The van der Waals surface area contributed by atoms with E-state index in [0.29, 0.717) is 29.8 Å². The number of ether oxygens (including phenoxy) is 2. The first-order chi connectivity index (χ1) is 14.5. The molecule has 1 atom stereocenters. The molecule has 0 spiro atoms. The van der Waals surface area contributed by atoms with Gasteiger partial charge in [-0.2, -0.15) is 0 Å². The summed E-state index contributed by atoms with van der Waals surface area (Å²) in [6, 6.07) is 8.74. The van der Waals surface area contributed by atoms with Crippen LogP contribution in [0, 0.1) is 0 Å². The number of methoxy groups -OCH3 is 1. The molecular formula is C20H22N4O5S. The van der Waals surface area contributed by atoms with Crippen LogP contribution in [0.2, 0.25) is 0 Å². The summed E-state index contributed by atoms with van der Waals surface area (Å²) in [4.78, 5) is 47.6. The highest BCUT2D eigenvalue weighted by Crippen LogP contribution is 2.33. The van der Waals surface area contributed by atoms with Crippen LogP contribution in [-0.4, -0.2) is 60.4 Å². The van der Waals surface area contributed by atoms with Crippen molar-refractivity contribution in [1.82, 2.24) is 9.97 Å². The minimum absolute atomic E-state index is 0.0485. The summed E-state index contributed by atoms with van der Waals surface area (Å²) in [6.07, 6.45) is 0.0485. The predicted molar refractivity (Wildman–Crippen MR) is 112 cm³/mol. The van der Waals surface area contributed by atoms with E-state index < -0.39 is 5.25 Å². The number of nitrogens with one attached hydrogen (secondary N) is 1. The average molecular weight is 430 g/mol. The highest BCUT2D eigenvalue weighted by Gasteiger charge is 2.40. The zero-order valence-corrected chi connectivity index (χ0v) is 17.3. The monoisotopic (exact) mass is 430 g/mol. The van der Waals surface area contributed by atoms with E-state index in [1.165, 1.54) is 18.1 Å². The maximum atomic E-state index is 12.9. The molecule has 2 aliphatic rings. The molecule has 4 rings (SSSR count). The van der Waals surface area contributed by atoms with Crippen molar-refractivity contribution in [2.75, 3.05) is 43.2 Å². The summed E-state index contributed by atoms with van der Waals surface area (Å²) in [5.74, 6) is -0.587. The number of rotatable bonds is 6. The van der Waals surface area contributed by atoms with Crippen molar-refractivity contribution in [3.8, 4) is 0 Å². The lowest BCUT2D eigenvalue weighted by molar-refractivity contribution is -0.121. The van der Waals surface area contributed by atoms with Gasteiger partial charge in [0, 0.05) is 38.4 Å². The third kappa shape index (κ3) is 4.40. The number of aromatic amines is 1. The fraction of sp³-hybridized carbons (Fsp3) is 0.400. The molecule has 1 aromatic carbocycles. The molecule has 30 heavy (non-hydrogen) atoms. The lowest BCUT2D eigenvalue weighted by Crippen LogP contribution is -2.36. The Morgan fingerprint density at radius 3 is 2.57 bits per heavy atom. The van der Waals surface area contributed by atoms with Crippen LogP contribution in [0.5, 0.6) is 0 Å². The normalized spacial score (nSPS) is 19.6. The Morgan fingerprint density at radius 2 is 1.87 bits per heavy atom. The maximum absolute atomic E-state index is 12.9. The maximum Gasteiger partial charge on any atom is 0.251 e. The van der Waals surface area contributed by atoms with Gasteiger partial charge in [-0.05, 0) is 24.3 Å². The second-order valence-corrected chi connectivity index (χ2v) is 8.16. The number of morpholine rings is 1. The number of amides is 2. The van der Waals surface area contributed by atoms with E-state index in [1.807, 2.05) is 12.1 Å². The largest absolute Gasteiger partial charge is 0.378 e. The molecule has 2 saturated heterocycles. The number of hydrogen-bond acceptors (Lipinski definition) is 8. The van der Waals surface area contributed by atoms with Gasteiger partial charge in [0.2, 0.25) is 11.8 Å². The van der Waals surface area contributed by atoms with Crippen LogP contribution >= 0.6 is 11.8 Å². The number of thioether (sulfide) groups is 1.